The second-order valence-electron chi connectivity index (χ2n) is 5.63. The number of hydrogen-bond acceptors (Lipinski definition) is 5. The van der Waals surface area contributed by atoms with Crippen molar-refractivity contribution in [2.24, 2.45) is 4.99 Å². The molecule has 1 aromatic heterocycles. The summed E-state index contributed by atoms with van der Waals surface area (Å²) in [7, 11) is 1.52. The van der Waals surface area contributed by atoms with Crippen LogP contribution in [0.3, 0.4) is 0 Å². The summed E-state index contributed by atoms with van der Waals surface area (Å²) in [5.41, 5.74) is 0.896. The van der Waals surface area contributed by atoms with Crippen LogP contribution in [0.4, 0.5) is 0 Å². The first-order chi connectivity index (χ1) is 13.4. The fourth-order valence-electron chi connectivity index (χ4n) is 2.58. The van der Waals surface area contributed by atoms with Crippen LogP contribution in [0.25, 0.3) is 10.2 Å². The number of carbonyl (C=O) groups excluding carboxylic acids is 2. The lowest BCUT2D eigenvalue weighted by Crippen LogP contribution is -2.23. The quantitative estimate of drug-likeness (QED) is 0.556. The third-order valence-corrected chi connectivity index (χ3v) is 5.68. The molecular formula is C19H16Cl2N2O4S. The Morgan fingerprint density at radius 1 is 1.21 bits per heavy atom. The van der Waals surface area contributed by atoms with Gasteiger partial charge < -0.3 is 14.0 Å². The third-order valence-electron chi connectivity index (χ3n) is 3.84. The van der Waals surface area contributed by atoms with Gasteiger partial charge in [0, 0.05) is 5.56 Å². The lowest BCUT2D eigenvalue weighted by atomic mass is 10.2. The predicted molar refractivity (Wildman–Crippen MR) is 109 cm³/mol. The first kappa shape index (κ1) is 20.4. The van der Waals surface area contributed by atoms with Crippen molar-refractivity contribution in [2.75, 3.05) is 13.7 Å². The van der Waals surface area contributed by atoms with Crippen LogP contribution in [0.5, 0.6) is 5.75 Å². The molecule has 0 radical (unpaired) electrons. The highest BCUT2D eigenvalue weighted by atomic mass is 35.5. The maximum absolute atomic E-state index is 12.7. The van der Waals surface area contributed by atoms with Crippen LogP contribution < -0.4 is 9.54 Å². The zero-order valence-corrected chi connectivity index (χ0v) is 17.4. The third kappa shape index (κ3) is 4.22. The molecule has 0 fully saturated rings. The van der Waals surface area contributed by atoms with Gasteiger partial charge in [-0.1, -0.05) is 40.6 Å². The molecule has 0 atom stereocenters. The van der Waals surface area contributed by atoms with Gasteiger partial charge in [-0.2, -0.15) is 4.99 Å². The molecule has 0 saturated carbocycles. The summed E-state index contributed by atoms with van der Waals surface area (Å²) in [6, 6.07) is 10.1. The Bertz CT molecular complexity index is 1120. The monoisotopic (exact) mass is 438 g/mol. The van der Waals surface area contributed by atoms with Gasteiger partial charge in [-0.15, -0.1) is 0 Å². The number of amides is 1. The average Bonchev–Trinajstić information content (AvgIpc) is 3.02. The Morgan fingerprint density at radius 2 is 2.00 bits per heavy atom. The maximum Gasteiger partial charge on any atom is 0.326 e. The van der Waals surface area contributed by atoms with Gasteiger partial charge in [0.15, 0.2) is 4.80 Å². The lowest BCUT2D eigenvalue weighted by molar-refractivity contribution is -0.143. The van der Waals surface area contributed by atoms with Crippen molar-refractivity contribution >= 4 is 56.6 Å². The Kier molecular flexibility index (Phi) is 6.39. The number of rotatable bonds is 5. The number of nitrogens with zero attached hydrogens (tertiary/aromatic N) is 2. The van der Waals surface area contributed by atoms with Gasteiger partial charge >= 0.3 is 5.97 Å². The van der Waals surface area contributed by atoms with E-state index >= 15 is 0 Å². The Labute approximate surface area is 174 Å². The standard InChI is InChI=1S/C19H16Cl2N2O4S/c1-3-27-15(24)10-23-17-14(8-7-13(20)16(17)21)28-19(23)22-18(25)11-5-4-6-12(9-11)26-2/h4-9H,3,10H2,1-2H3. The van der Waals surface area contributed by atoms with E-state index in [9.17, 15) is 9.59 Å². The molecule has 1 amide bonds. The Morgan fingerprint density at radius 3 is 2.71 bits per heavy atom. The summed E-state index contributed by atoms with van der Waals surface area (Å²) in [6.45, 7) is 1.82. The number of halogens is 2. The van der Waals surface area contributed by atoms with Crippen molar-refractivity contribution in [3.63, 3.8) is 0 Å². The number of fused-ring (bicyclic) bond motifs is 1. The molecule has 0 unspecified atom stereocenters. The highest BCUT2D eigenvalue weighted by molar-refractivity contribution is 7.16. The fourth-order valence-corrected chi connectivity index (χ4v) is 4.09. The highest BCUT2D eigenvalue weighted by Gasteiger charge is 2.17. The number of esters is 1. The van der Waals surface area contributed by atoms with Crippen molar-refractivity contribution in [3.05, 3.63) is 56.8 Å². The molecule has 6 nitrogen and oxygen atoms in total. The van der Waals surface area contributed by atoms with Crippen LogP contribution in [-0.2, 0) is 16.1 Å². The Balaban J connectivity index is 2.15. The van der Waals surface area contributed by atoms with E-state index in [1.165, 1.54) is 18.4 Å². The first-order valence-electron chi connectivity index (χ1n) is 8.30. The van der Waals surface area contributed by atoms with Crippen LogP contribution in [-0.4, -0.2) is 30.2 Å². The molecule has 0 aliphatic heterocycles. The Hall–Kier alpha value is -2.35. The molecule has 146 valence electrons. The predicted octanol–water partition coefficient (Wildman–Crippen LogP) is 4.32. The number of benzene rings is 2. The molecule has 3 rings (SSSR count). The van der Waals surface area contributed by atoms with Crippen LogP contribution in [0.15, 0.2) is 41.4 Å². The molecule has 0 saturated heterocycles. The van der Waals surface area contributed by atoms with E-state index in [4.69, 9.17) is 32.7 Å². The highest BCUT2D eigenvalue weighted by Crippen LogP contribution is 2.32. The molecular weight excluding hydrogens is 423 g/mol. The molecule has 0 spiro atoms. The van der Waals surface area contributed by atoms with E-state index in [0.29, 0.717) is 26.7 Å². The van der Waals surface area contributed by atoms with Crippen molar-refractivity contribution < 1.29 is 19.1 Å². The van der Waals surface area contributed by atoms with E-state index < -0.39 is 11.9 Å². The summed E-state index contributed by atoms with van der Waals surface area (Å²) in [5.74, 6) is -0.384. The molecule has 28 heavy (non-hydrogen) atoms. The number of hydrogen-bond donors (Lipinski definition) is 0. The lowest BCUT2D eigenvalue weighted by Gasteiger charge is -2.07. The van der Waals surface area contributed by atoms with Gasteiger partial charge in [0.05, 0.1) is 34.0 Å². The summed E-state index contributed by atoms with van der Waals surface area (Å²) in [5, 5.41) is 0.630. The van der Waals surface area contributed by atoms with E-state index in [2.05, 4.69) is 4.99 Å². The molecule has 1 heterocycles. The molecule has 0 aliphatic rings. The van der Waals surface area contributed by atoms with Crippen molar-refractivity contribution in [1.29, 1.82) is 0 Å². The van der Waals surface area contributed by atoms with Crippen molar-refractivity contribution in [3.8, 4) is 5.75 Å². The van der Waals surface area contributed by atoms with Gasteiger partial charge in [0.1, 0.15) is 12.3 Å². The average molecular weight is 439 g/mol. The number of methoxy groups -OCH3 is 1. The van der Waals surface area contributed by atoms with Crippen LogP contribution in [0.2, 0.25) is 10.0 Å². The van der Waals surface area contributed by atoms with E-state index in [-0.39, 0.29) is 18.2 Å². The van der Waals surface area contributed by atoms with E-state index in [0.717, 1.165) is 4.70 Å². The van der Waals surface area contributed by atoms with Gasteiger partial charge in [-0.25, -0.2) is 0 Å². The van der Waals surface area contributed by atoms with Gasteiger partial charge in [0.2, 0.25) is 0 Å². The summed E-state index contributed by atoms with van der Waals surface area (Å²) in [4.78, 5) is 29.3. The topological polar surface area (TPSA) is 69.9 Å². The number of thiazole rings is 1. The normalized spacial score (nSPS) is 11.6. The van der Waals surface area contributed by atoms with E-state index in [1.54, 1.807) is 47.9 Å². The van der Waals surface area contributed by atoms with Gasteiger partial charge in [0.25, 0.3) is 5.91 Å². The van der Waals surface area contributed by atoms with Crippen LogP contribution in [0, 0.1) is 0 Å². The van der Waals surface area contributed by atoms with Crippen molar-refractivity contribution in [2.45, 2.75) is 13.5 Å². The first-order valence-corrected chi connectivity index (χ1v) is 9.88. The minimum absolute atomic E-state index is 0.141. The molecule has 9 heteroatoms. The fraction of sp³-hybridized carbons (Fsp3) is 0.211. The number of aromatic nitrogens is 1. The SMILES string of the molecule is CCOC(=O)Cn1c(=NC(=O)c2cccc(OC)c2)sc2ccc(Cl)c(Cl)c21. The summed E-state index contributed by atoms with van der Waals surface area (Å²) < 4.78 is 12.5. The maximum atomic E-state index is 12.7. The molecule has 0 aliphatic carbocycles. The van der Waals surface area contributed by atoms with Crippen LogP contribution in [0.1, 0.15) is 17.3 Å². The van der Waals surface area contributed by atoms with Gasteiger partial charge in [-0.05, 0) is 37.3 Å². The zero-order valence-electron chi connectivity index (χ0n) is 15.1. The summed E-state index contributed by atoms with van der Waals surface area (Å²) >= 11 is 13.7. The molecule has 2 aromatic carbocycles. The minimum Gasteiger partial charge on any atom is -0.497 e. The van der Waals surface area contributed by atoms with Gasteiger partial charge in [-0.3, -0.25) is 9.59 Å². The minimum atomic E-state index is -0.467. The zero-order chi connectivity index (χ0) is 20.3. The second-order valence-corrected chi connectivity index (χ2v) is 7.43. The molecule has 0 N–H and O–H groups in total. The summed E-state index contributed by atoms with van der Waals surface area (Å²) in [6.07, 6.45) is 0. The molecule has 3 aromatic rings. The number of ether oxygens (including phenoxy) is 2. The largest absolute Gasteiger partial charge is 0.497 e. The van der Waals surface area contributed by atoms with Crippen LogP contribution >= 0.6 is 34.5 Å². The van der Waals surface area contributed by atoms with Crippen molar-refractivity contribution in [1.82, 2.24) is 4.57 Å². The second kappa shape index (κ2) is 8.77. The van der Waals surface area contributed by atoms with E-state index in [1.807, 2.05) is 0 Å². The molecule has 0 bridgehead atoms. The number of carbonyl (C=O) groups is 2. The smallest absolute Gasteiger partial charge is 0.326 e.